The normalized spacial score (nSPS) is 11.4. The highest BCUT2D eigenvalue weighted by Crippen LogP contribution is 2.34. The van der Waals surface area contributed by atoms with Crippen LogP contribution in [-0.4, -0.2) is 26.8 Å². The molecule has 0 radical (unpaired) electrons. The summed E-state index contributed by atoms with van der Waals surface area (Å²) in [4.78, 5) is 3.26. The summed E-state index contributed by atoms with van der Waals surface area (Å²) >= 11 is 0. The van der Waals surface area contributed by atoms with Gasteiger partial charge < -0.3 is 9.72 Å². The lowest BCUT2D eigenvalue weighted by molar-refractivity contribution is 0.415. The van der Waals surface area contributed by atoms with Crippen molar-refractivity contribution in [2.24, 2.45) is 0 Å². The van der Waals surface area contributed by atoms with Crippen LogP contribution in [0.2, 0.25) is 0 Å². The second-order valence-electron chi connectivity index (χ2n) is 3.69. The molecule has 5 heteroatoms. The Morgan fingerprint density at radius 2 is 1.94 bits per heavy atom. The number of sulfone groups is 1. The Balaban J connectivity index is 2.78. The van der Waals surface area contributed by atoms with Gasteiger partial charge in [-0.2, -0.15) is 0 Å². The fourth-order valence-corrected chi connectivity index (χ4v) is 2.65. The van der Waals surface area contributed by atoms with E-state index in [9.17, 15) is 8.42 Å². The first-order chi connectivity index (χ1) is 8.04. The first kappa shape index (κ1) is 11.7. The van der Waals surface area contributed by atoms with Crippen molar-refractivity contribution < 1.29 is 13.2 Å². The number of nitrogens with one attached hydrogen (secondary N) is 1. The molecule has 0 unspecified atom stereocenters. The lowest BCUT2D eigenvalue weighted by Crippen LogP contribution is -2.01. The van der Waals surface area contributed by atoms with Crippen molar-refractivity contribution in [3.05, 3.63) is 36.5 Å². The van der Waals surface area contributed by atoms with Crippen LogP contribution in [0.25, 0.3) is 11.3 Å². The number of aromatic amines is 1. The first-order valence-electron chi connectivity index (χ1n) is 5.05. The molecule has 0 atom stereocenters. The summed E-state index contributed by atoms with van der Waals surface area (Å²) in [5.74, 6) is 0.537. The maximum atomic E-state index is 11.7. The molecule has 1 heterocycles. The van der Waals surface area contributed by atoms with Crippen molar-refractivity contribution in [1.82, 2.24) is 4.98 Å². The Labute approximate surface area is 100 Å². The molecule has 1 aromatic carbocycles. The van der Waals surface area contributed by atoms with Gasteiger partial charge in [0.05, 0.1) is 23.3 Å². The summed E-state index contributed by atoms with van der Waals surface area (Å²) in [5, 5.41) is 0. The van der Waals surface area contributed by atoms with E-state index in [2.05, 4.69) is 4.98 Å². The van der Waals surface area contributed by atoms with Crippen LogP contribution in [0, 0.1) is 0 Å². The highest BCUT2D eigenvalue weighted by atomic mass is 32.2. The van der Waals surface area contributed by atoms with E-state index in [0.717, 1.165) is 5.69 Å². The quantitative estimate of drug-likeness (QED) is 0.908. The van der Waals surface area contributed by atoms with E-state index in [0.29, 0.717) is 11.3 Å². The van der Waals surface area contributed by atoms with Crippen LogP contribution in [0.1, 0.15) is 0 Å². The van der Waals surface area contributed by atoms with Crippen LogP contribution in [0.4, 0.5) is 0 Å². The number of hydrogen-bond donors (Lipinski definition) is 1. The molecular formula is C12H13NO3S. The standard InChI is InChI=1S/C12H13NO3S/c1-16-10-6-3-7-11(17(2,14)15)12(10)9-5-4-8-13-9/h3-8,13H,1-2H3. The maximum absolute atomic E-state index is 11.7. The number of methoxy groups -OCH3 is 1. The number of hydrogen-bond acceptors (Lipinski definition) is 3. The van der Waals surface area contributed by atoms with Gasteiger partial charge in [0, 0.05) is 12.5 Å². The number of benzene rings is 1. The lowest BCUT2D eigenvalue weighted by Gasteiger charge is -2.11. The second-order valence-corrected chi connectivity index (χ2v) is 5.67. The molecule has 0 saturated heterocycles. The van der Waals surface area contributed by atoms with Gasteiger partial charge in [-0.25, -0.2) is 8.42 Å². The lowest BCUT2D eigenvalue weighted by atomic mass is 10.1. The molecule has 90 valence electrons. The fourth-order valence-electron chi connectivity index (χ4n) is 1.74. The Morgan fingerprint density at radius 3 is 2.47 bits per heavy atom. The predicted molar refractivity (Wildman–Crippen MR) is 65.9 cm³/mol. The van der Waals surface area contributed by atoms with Gasteiger partial charge in [-0.3, -0.25) is 0 Å². The molecule has 0 spiro atoms. The number of ether oxygens (including phenoxy) is 1. The second kappa shape index (κ2) is 4.25. The Kier molecular flexibility index (Phi) is 2.93. The van der Waals surface area contributed by atoms with E-state index >= 15 is 0 Å². The summed E-state index contributed by atoms with van der Waals surface area (Å²) in [6.45, 7) is 0. The van der Waals surface area contributed by atoms with Gasteiger partial charge in [0.15, 0.2) is 9.84 Å². The molecule has 0 aliphatic carbocycles. The minimum Gasteiger partial charge on any atom is -0.496 e. The van der Waals surface area contributed by atoms with Crippen molar-refractivity contribution in [2.45, 2.75) is 4.90 Å². The average molecular weight is 251 g/mol. The molecule has 1 N–H and O–H groups in total. The summed E-state index contributed by atoms with van der Waals surface area (Å²) in [7, 11) is -1.77. The smallest absolute Gasteiger partial charge is 0.176 e. The average Bonchev–Trinajstić information content (AvgIpc) is 2.80. The Bertz CT molecular complexity index is 615. The third kappa shape index (κ3) is 2.19. The molecule has 2 rings (SSSR count). The minimum absolute atomic E-state index is 0.263. The van der Waals surface area contributed by atoms with Gasteiger partial charge >= 0.3 is 0 Å². The summed E-state index contributed by atoms with van der Waals surface area (Å²) in [6, 6.07) is 8.61. The molecule has 0 aliphatic heterocycles. The van der Waals surface area contributed by atoms with Crippen molar-refractivity contribution in [3.8, 4) is 17.0 Å². The molecule has 4 nitrogen and oxygen atoms in total. The molecule has 1 aromatic heterocycles. The molecule has 0 fully saturated rings. The highest BCUT2D eigenvalue weighted by Gasteiger charge is 2.18. The molecule has 0 saturated carbocycles. The van der Waals surface area contributed by atoms with Gasteiger partial charge in [-0.05, 0) is 24.3 Å². The van der Waals surface area contributed by atoms with Gasteiger partial charge in [-0.1, -0.05) is 6.07 Å². The highest BCUT2D eigenvalue weighted by molar-refractivity contribution is 7.90. The van der Waals surface area contributed by atoms with Crippen molar-refractivity contribution in [3.63, 3.8) is 0 Å². The molecule has 17 heavy (non-hydrogen) atoms. The SMILES string of the molecule is COc1cccc(S(C)(=O)=O)c1-c1ccc[nH]1. The zero-order valence-electron chi connectivity index (χ0n) is 9.60. The monoisotopic (exact) mass is 251 g/mol. The van der Waals surface area contributed by atoms with Crippen molar-refractivity contribution >= 4 is 9.84 Å². The van der Waals surface area contributed by atoms with Crippen LogP contribution >= 0.6 is 0 Å². The van der Waals surface area contributed by atoms with E-state index in [1.807, 2.05) is 12.1 Å². The maximum Gasteiger partial charge on any atom is 0.176 e. The minimum atomic E-state index is -3.29. The van der Waals surface area contributed by atoms with Crippen molar-refractivity contribution in [2.75, 3.05) is 13.4 Å². The largest absolute Gasteiger partial charge is 0.496 e. The van der Waals surface area contributed by atoms with Gasteiger partial charge in [-0.15, -0.1) is 0 Å². The van der Waals surface area contributed by atoms with Crippen LogP contribution in [-0.2, 0) is 9.84 Å². The van der Waals surface area contributed by atoms with E-state index in [1.165, 1.54) is 13.4 Å². The Hall–Kier alpha value is -1.75. The molecule has 0 aliphatic rings. The van der Waals surface area contributed by atoms with Gasteiger partial charge in [0.25, 0.3) is 0 Å². The number of aromatic nitrogens is 1. The van der Waals surface area contributed by atoms with Crippen LogP contribution in [0.15, 0.2) is 41.4 Å². The molecule has 0 bridgehead atoms. The van der Waals surface area contributed by atoms with E-state index in [4.69, 9.17) is 4.74 Å². The molecular weight excluding hydrogens is 238 g/mol. The predicted octanol–water partition coefficient (Wildman–Crippen LogP) is 2.09. The topological polar surface area (TPSA) is 59.2 Å². The van der Waals surface area contributed by atoms with Crippen LogP contribution in [0.3, 0.4) is 0 Å². The third-order valence-corrected chi connectivity index (χ3v) is 3.61. The van der Waals surface area contributed by atoms with E-state index in [-0.39, 0.29) is 4.90 Å². The first-order valence-corrected chi connectivity index (χ1v) is 6.94. The van der Waals surface area contributed by atoms with Crippen molar-refractivity contribution in [1.29, 1.82) is 0 Å². The fraction of sp³-hybridized carbons (Fsp3) is 0.167. The van der Waals surface area contributed by atoms with E-state index < -0.39 is 9.84 Å². The van der Waals surface area contributed by atoms with Gasteiger partial charge in [0.1, 0.15) is 5.75 Å². The van der Waals surface area contributed by atoms with Crippen LogP contribution in [0.5, 0.6) is 5.75 Å². The Morgan fingerprint density at radius 1 is 1.18 bits per heavy atom. The summed E-state index contributed by atoms with van der Waals surface area (Å²) < 4.78 is 28.7. The number of rotatable bonds is 3. The summed E-state index contributed by atoms with van der Waals surface area (Å²) in [6.07, 6.45) is 2.93. The summed E-state index contributed by atoms with van der Waals surface area (Å²) in [5.41, 5.74) is 1.30. The van der Waals surface area contributed by atoms with E-state index in [1.54, 1.807) is 24.4 Å². The molecule has 2 aromatic rings. The zero-order valence-corrected chi connectivity index (χ0v) is 10.4. The number of H-pyrrole nitrogens is 1. The van der Waals surface area contributed by atoms with Gasteiger partial charge in [0.2, 0.25) is 0 Å². The third-order valence-electron chi connectivity index (χ3n) is 2.47. The molecule has 0 amide bonds. The zero-order chi connectivity index (χ0) is 12.5. The van der Waals surface area contributed by atoms with Crippen LogP contribution < -0.4 is 4.74 Å².